The third-order valence-corrected chi connectivity index (χ3v) is 4.95. The number of hydrogen-bond donors (Lipinski definition) is 2. The average Bonchev–Trinajstić information content (AvgIpc) is 3.26. The second kappa shape index (κ2) is 7.48. The van der Waals surface area contributed by atoms with E-state index in [9.17, 15) is 14.4 Å². The van der Waals surface area contributed by atoms with E-state index < -0.39 is 17.2 Å². The molecule has 0 aliphatic carbocycles. The Labute approximate surface area is 170 Å². The summed E-state index contributed by atoms with van der Waals surface area (Å²) in [6.45, 7) is 1.27. The fraction of sp³-hybridized carbons (Fsp3) is 0.150. The number of para-hydroxylation sites is 1. The van der Waals surface area contributed by atoms with Gasteiger partial charge in [-0.2, -0.15) is 4.68 Å². The van der Waals surface area contributed by atoms with Crippen LogP contribution in [0.4, 0.5) is 0 Å². The molecule has 148 valence electrons. The highest BCUT2D eigenvalue weighted by molar-refractivity contribution is 6.31. The molecule has 0 amide bonds. The Bertz CT molecular complexity index is 1210. The Morgan fingerprint density at radius 3 is 2.34 bits per heavy atom. The van der Waals surface area contributed by atoms with Crippen molar-refractivity contribution in [3.05, 3.63) is 92.0 Å². The standard InChI is InChI=1S/C20H18ClN5O3/c1-24-12-11-22-18(24)16(17(27)13-7-9-14(21)10-8-13)26-20(29)25(19(28)23-26)15-5-3-2-4-6-15/h2-10,22H,11-12H2,1H3,(H,23,28)/b18-16-. The van der Waals surface area contributed by atoms with Crippen LogP contribution in [0.1, 0.15) is 10.4 Å². The first-order chi connectivity index (χ1) is 14.0. The number of ketones is 1. The van der Waals surface area contributed by atoms with Crippen molar-refractivity contribution in [2.24, 2.45) is 0 Å². The molecular formula is C20H18ClN5O3. The van der Waals surface area contributed by atoms with Gasteiger partial charge in [-0.15, -0.1) is 0 Å². The number of rotatable bonds is 4. The zero-order valence-electron chi connectivity index (χ0n) is 15.6. The number of aromatic nitrogens is 3. The van der Waals surface area contributed by atoms with Crippen LogP contribution in [0.5, 0.6) is 0 Å². The molecule has 0 radical (unpaired) electrons. The number of hydrogen-bond acceptors (Lipinski definition) is 5. The van der Waals surface area contributed by atoms with Gasteiger partial charge in [-0.05, 0) is 36.4 Å². The van der Waals surface area contributed by atoms with E-state index in [4.69, 9.17) is 11.6 Å². The molecule has 0 saturated carbocycles. The smallest absolute Gasteiger partial charge is 0.356 e. The lowest BCUT2D eigenvalue weighted by molar-refractivity contribution is 0.104. The largest absolute Gasteiger partial charge is 0.368 e. The summed E-state index contributed by atoms with van der Waals surface area (Å²) < 4.78 is 1.99. The highest BCUT2D eigenvalue weighted by atomic mass is 35.5. The predicted molar refractivity (Wildman–Crippen MR) is 110 cm³/mol. The predicted octanol–water partition coefficient (Wildman–Crippen LogP) is 1.52. The SMILES string of the molecule is CN1CCN/C1=C(\C(=O)c1ccc(Cl)cc1)n1[nH]c(=O)n(-c2ccccc2)c1=O. The fourth-order valence-corrected chi connectivity index (χ4v) is 3.37. The van der Waals surface area contributed by atoms with E-state index in [2.05, 4.69) is 10.4 Å². The summed E-state index contributed by atoms with van der Waals surface area (Å²) in [5.41, 5.74) is -0.492. The van der Waals surface area contributed by atoms with Gasteiger partial charge in [-0.3, -0.25) is 4.79 Å². The minimum Gasteiger partial charge on any atom is -0.368 e. The molecule has 0 atom stereocenters. The van der Waals surface area contributed by atoms with Crippen molar-refractivity contribution in [1.82, 2.24) is 24.6 Å². The van der Waals surface area contributed by atoms with E-state index in [1.165, 1.54) is 0 Å². The number of carbonyl (C=O) groups excluding carboxylic acids is 1. The Morgan fingerprint density at radius 1 is 1.03 bits per heavy atom. The van der Waals surface area contributed by atoms with Crippen molar-refractivity contribution in [1.29, 1.82) is 0 Å². The number of nitrogens with one attached hydrogen (secondary N) is 2. The van der Waals surface area contributed by atoms with Crippen molar-refractivity contribution in [3.8, 4) is 5.69 Å². The second-order valence-electron chi connectivity index (χ2n) is 6.59. The van der Waals surface area contributed by atoms with Gasteiger partial charge in [0.15, 0.2) is 5.70 Å². The average molecular weight is 412 g/mol. The van der Waals surface area contributed by atoms with Gasteiger partial charge in [-0.1, -0.05) is 29.8 Å². The molecule has 2 heterocycles. The molecule has 1 aromatic heterocycles. The maximum Gasteiger partial charge on any atom is 0.356 e. The summed E-state index contributed by atoms with van der Waals surface area (Å²) in [7, 11) is 1.81. The molecule has 0 spiro atoms. The maximum absolute atomic E-state index is 13.3. The number of H-pyrrole nitrogens is 1. The molecule has 3 aromatic rings. The summed E-state index contributed by atoms with van der Waals surface area (Å²) in [4.78, 5) is 40.9. The Kier molecular flexibility index (Phi) is 4.85. The summed E-state index contributed by atoms with van der Waals surface area (Å²) in [5.74, 6) is 0.0509. The molecule has 1 saturated heterocycles. The van der Waals surface area contributed by atoms with Gasteiger partial charge in [-0.25, -0.2) is 19.3 Å². The quantitative estimate of drug-likeness (QED) is 0.501. The highest BCUT2D eigenvalue weighted by Crippen LogP contribution is 2.20. The molecule has 2 aromatic carbocycles. The summed E-state index contributed by atoms with van der Waals surface area (Å²) in [5, 5.41) is 6.13. The number of aromatic amines is 1. The number of halogens is 1. The first-order valence-electron chi connectivity index (χ1n) is 8.97. The highest BCUT2D eigenvalue weighted by Gasteiger charge is 2.28. The van der Waals surface area contributed by atoms with Crippen LogP contribution in [0.25, 0.3) is 11.4 Å². The van der Waals surface area contributed by atoms with Crippen molar-refractivity contribution in [2.45, 2.75) is 0 Å². The molecule has 1 fully saturated rings. The van der Waals surface area contributed by atoms with Crippen LogP contribution in [0.15, 0.2) is 70.0 Å². The van der Waals surface area contributed by atoms with Crippen LogP contribution in [-0.2, 0) is 0 Å². The third-order valence-electron chi connectivity index (χ3n) is 4.70. The minimum atomic E-state index is -0.659. The van der Waals surface area contributed by atoms with E-state index in [1.54, 1.807) is 54.6 Å². The Balaban J connectivity index is 1.92. The van der Waals surface area contributed by atoms with Gasteiger partial charge in [0.25, 0.3) is 0 Å². The molecule has 8 nitrogen and oxygen atoms in total. The van der Waals surface area contributed by atoms with Crippen LogP contribution in [0.2, 0.25) is 5.02 Å². The van der Waals surface area contributed by atoms with E-state index in [0.29, 0.717) is 35.2 Å². The normalized spacial score (nSPS) is 15.3. The van der Waals surface area contributed by atoms with Crippen molar-refractivity contribution >= 4 is 23.1 Å². The lowest BCUT2D eigenvalue weighted by atomic mass is 10.1. The Morgan fingerprint density at radius 2 is 1.72 bits per heavy atom. The van der Waals surface area contributed by atoms with Crippen LogP contribution in [-0.4, -0.2) is 45.2 Å². The van der Waals surface area contributed by atoms with Gasteiger partial charge in [0.2, 0.25) is 5.78 Å². The lowest BCUT2D eigenvalue weighted by Gasteiger charge is -2.17. The van der Waals surface area contributed by atoms with Crippen LogP contribution in [0, 0.1) is 0 Å². The van der Waals surface area contributed by atoms with Crippen LogP contribution >= 0.6 is 11.6 Å². The summed E-state index contributed by atoms with van der Waals surface area (Å²) in [6, 6.07) is 14.9. The van der Waals surface area contributed by atoms with E-state index in [0.717, 1.165) is 9.25 Å². The van der Waals surface area contributed by atoms with Gasteiger partial charge >= 0.3 is 11.4 Å². The summed E-state index contributed by atoms with van der Waals surface area (Å²) in [6.07, 6.45) is 0. The monoisotopic (exact) mass is 411 g/mol. The van der Waals surface area contributed by atoms with E-state index in [1.807, 2.05) is 11.9 Å². The van der Waals surface area contributed by atoms with Gasteiger partial charge < -0.3 is 10.2 Å². The Hall–Kier alpha value is -3.52. The molecule has 4 rings (SSSR count). The summed E-state index contributed by atoms with van der Waals surface area (Å²) >= 11 is 5.93. The third kappa shape index (κ3) is 3.38. The first-order valence-corrected chi connectivity index (χ1v) is 9.34. The van der Waals surface area contributed by atoms with Crippen molar-refractivity contribution < 1.29 is 4.79 Å². The topological polar surface area (TPSA) is 92.1 Å². The van der Waals surface area contributed by atoms with Gasteiger partial charge in [0, 0.05) is 30.7 Å². The molecule has 0 unspecified atom stereocenters. The van der Waals surface area contributed by atoms with Crippen molar-refractivity contribution in [3.63, 3.8) is 0 Å². The minimum absolute atomic E-state index is 0.0455. The molecule has 1 aliphatic heterocycles. The molecule has 0 bridgehead atoms. The zero-order chi connectivity index (χ0) is 20.5. The number of nitrogens with zero attached hydrogens (tertiary/aromatic N) is 3. The number of Topliss-reactive ketones (excluding diaryl/α,β-unsaturated/α-hetero) is 1. The van der Waals surface area contributed by atoms with Gasteiger partial charge in [0.05, 0.1) is 5.69 Å². The van der Waals surface area contributed by atoms with E-state index in [-0.39, 0.29) is 5.70 Å². The van der Waals surface area contributed by atoms with Crippen LogP contribution < -0.4 is 16.7 Å². The number of carbonyl (C=O) groups is 1. The van der Waals surface area contributed by atoms with E-state index >= 15 is 0 Å². The lowest BCUT2D eigenvalue weighted by Crippen LogP contribution is -2.31. The number of benzene rings is 2. The second-order valence-corrected chi connectivity index (χ2v) is 7.02. The molecule has 29 heavy (non-hydrogen) atoms. The van der Waals surface area contributed by atoms with Crippen LogP contribution in [0.3, 0.4) is 0 Å². The fourth-order valence-electron chi connectivity index (χ4n) is 3.24. The van der Waals surface area contributed by atoms with Gasteiger partial charge in [0.1, 0.15) is 5.82 Å². The van der Waals surface area contributed by atoms with Crippen molar-refractivity contribution in [2.75, 3.05) is 20.1 Å². The molecule has 9 heteroatoms. The maximum atomic E-state index is 13.3. The zero-order valence-corrected chi connectivity index (χ0v) is 16.3. The molecule has 1 aliphatic rings. The first kappa shape index (κ1) is 18.8. The number of likely N-dealkylation sites (N-methyl/N-ethyl adjacent to an activating group) is 1. The molecule has 2 N–H and O–H groups in total. The number of allylic oxidation sites excluding steroid dienone is 1. The molecular weight excluding hydrogens is 394 g/mol.